The normalized spacial score (nSPS) is 11.8. The number of carbonyl (C=O) groups excluding carboxylic acids is 1. The van der Waals surface area contributed by atoms with Crippen LogP contribution in [-0.2, 0) is 0 Å². The van der Waals surface area contributed by atoms with E-state index in [1.807, 2.05) is 36.4 Å². The first-order valence-corrected chi connectivity index (χ1v) is 10.1. The SMILES string of the molecule is CCCCC(=C[C@H](CC(=O)c1ccccc1)c1ccccc1)CCCC. The Balaban J connectivity index is 2.24. The van der Waals surface area contributed by atoms with Gasteiger partial charge in [0.05, 0.1) is 0 Å². The van der Waals surface area contributed by atoms with Crippen LogP contribution in [0.4, 0.5) is 0 Å². The molecule has 1 heteroatoms. The molecule has 0 aliphatic heterocycles. The van der Waals surface area contributed by atoms with Crippen molar-refractivity contribution in [1.82, 2.24) is 0 Å². The molecule has 1 nitrogen and oxygen atoms in total. The van der Waals surface area contributed by atoms with Crippen molar-refractivity contribution in [1.29, 1.82) is 0 Å². The second-order valence-corrected chi connectivity index (χ2v) is 7.04. The molecule has 0 spiro atoms. The van der Waals surface area contributed by atoms with Crippen molar-refractivity contribution in [3.8, 4) is 0 Å². The van der Waals surface area contributed by atoms with Gasteiger partial charge in [-0.05, 0) is 31.2 Å². The lowest BCUT2D eigenvalue weighted by Gasteiger charge is -2.16. The molecule has 0 fully saturated rings. The molecule has 0 N–H and O–H groups in total. The van der Waals surface area contributed by atoms with Crippen molar-refractivity contribution in [2.75, 3.05) is 0 Å². The van der Waals surface area contributed by atoms with E-state index in [9.17, 15) is 4.79 Å². The molecule has 2 rings (SSSR count). The third-order valence-corrected chi connectivity index (χ3v) is 4.87. The highest BCUT2D eigenvalue weighted by atomic mass is 16.1. The molecule has 0 saturated carbocycles. The Morgan fingerprint density at radius 3 is 1.92 bits per heavy atom. The van der Waals surface area contributed by atoms with E-state index in [2.05, 4.69) is 44.2 Å². The van der Waals surface area contributed by atoms with Crippen LogP contribution < -0.4 is 0 Å². The molecule has 0 bridgehead atoms. The van der Waals surface area contributed by atoms with Gasteiger partial charge in [-0.2, -0.15) is 0 Å². The van der Waals surface area contributed by atoms with Gasteiger partial charge in [0.2, 0.25) is 0 Å². The first-order chi connectivity index (χ1) is 12.7. The molecule has 0 aliphatic rings. The third kappa shape index (κ3) is 6.63. The summed E-state index contributed by atoms with van der Waals surface area (Å²) in [6.45, 7) is 4.48. The Bertz CT molecular complexity index is 660. The largest absolute Gasteiger partial charge is 0.294 e. The zero-order chi connectivity index (χ0) is 18.6. The number of Topliss-reactive ketones (excluding diaryl/α,β-unsaturated/α-hetero) is 1. The van der Waals surface area contributed by atoms with Gasteiger partial charge in [0.15, 0.2) is 5.78 Å². The molecule has 0 radical (unpaired) electrons. The first-order valence-electron chi connectivity index (χ1n) is 10.1. The van der Waals surface area contributed by atoms with Gasteiger partial charge >= 0.3 is 0 Å². The Kier molecular flexibility index (Phi) is 8.89. The van der Waals surface area contributed by atoms with Crippen LogP contribution in [0.15, 0.2) is 72.3 Å². The van der Waals surface area contributed by atoms with Gasteiger partial charge < -0.3 is 0 Å². The van der Waals surface area contributed by atoms with Crippen LogP contribution in [0.1, 0.15) is 80.6 Å². The van der Waals surface area contributed by atoms with E-state index >= 15 is 0 Å². The summed E-state index contributed by atoms with van der Waals surface area (Å²) in [6, 6.07) is 20.2. The minimum Gasteiger partial charge on any atom is -0.294 e. The van der Waals surface area contributed by atoms with E-state index in [1.54, 1.807) is 0 Å². The fourth-order valence-corrected chi connectivity index (χ4v) is 3.30. The van der Waals surface area contributed by atoms with Gasteiger partial charge in [0.25, 0.3) is 0 Å². The van der Waals surface area contributed by atoms with E-state index < -0.39 is 0 Å². The van der Waals surface area contributed by atoms with Gasteiger partial charge in [0, 0.05) is 17.9 Å². The van der Waals surface area contributed by atoms with Crippen LogP contribution in [0.25, 0.3) is 0 Å². The number of ketones is 1. The second kappa shape index (κ2) is 11.5. The van der Waals surface area contributed by atoms with Gasteiger partial charge in [-0.15, -0.1) is 0 Å². The quantitative estimate of drug-likeness (QED) is 0.306. The van der Waals surface area contributed by atoms with E-state index in [0.29, 0.717) is 6.42 Å². The molecule has 2 aromatic carbocycles. The fraction of sp³-hybridized carbons (Fsp3) is 0.400. The highest BCUT2D eigenvalue weighted by Gasteiger charge is 2.16. The maximum atomic E-state index is 12.8. The molecule has 0 aromatic heterocycles. The standard InChI is InChI=1S/C25H32O/c1-3-5-13-21(14-6-4-2)19-24(22-15-9-7-10-16-22)20-25(26)23-17-11-8-12-18-23/h7-12,15-19,24H,3-6,13-14,20H2,1-2H3/t24-/m1/s1. The van der Waals surface area contributed by atoms with Gasteiger partial charge in [0.1, 0.15) is 0 Å². The Morgan fingerprint density at radius 1 is 0.846 bits per heavy atom. The van der Waals surface area contributed by atoms with Crippen LogP contribution in [0.3, 0.4) is 0 Å². The van der Waals surface area contributed by atoms with Gasteiger partial charge in [-0.1, -0.05) is 99.0 Å². The van der Waals surface area contributed by atoms with Gasteiger partial charge in [-0.3, -0.25) is 4.79 Å². The van der Waals surface area contributed by atoms with Gasteiger partial charge in [-0.25, -0.2) is 0 Å². The highest BCUT2D eigenvalue weighted by Crippen LogP contribution is 2.28. The molecule has 26 heavy (non-hydrogen) atoms. The maximum Gasteiger partial charge on any atom is 0.163 e. The van der Waals surface area contributed by atoms with Crippen LogP contribution in [0.2, 0.25) is 0 Å². The monoisotopic (exact) mass is 348 g/mol. The summed E-state index contributed by atoms with van der Waals surface area (Å²) < 4.78 is 0. The zero-order valence-electron chi connectivity index (χ0n) is 16.3. The number of unbranched alkanes of at least 4 members (excludes halogenated alkanes) is 2. The smallest absolute Gasteiger partial charge is 0.163 e. The molecule has 0 amide bonds. The lowest BCUT2D eigenvalue weighted by Crippen LogP contribution is -2.07. The van der Waals surface area contributed by atoms with E-state index in [1.165, 1.54) is 36.8 Å². The minimum absolute atomic E-state index is 0.160. The van der Waals surface area contributed by atoms with Crippen molar-refractivity contribution in [2.24, 2.45) is 0 Å². The van der Waals surface area contributed by atoms with Crippen molar-refractivity contribution in [3.63, 3.8) is 0 Å². The molecule has 0 aliphatic carbocycles. The topological polar surface area (TPSA) is 17.1 Å². The molecule has 0 heterocycles. The zero-order valence-corrected chi connectivity index (χ0v) is 16.3. The van der Waals surface area contributed by atoms with E-state index in [-0.39, 0.29) is 11.7 Å². The first kappa shape index (κ1) is 20.2. The van der Waals surface area contributed by atoms with Crippen molar-refractivity contribution < 1.29 is 4.79 Å². The number of hydrogen-bond donors (Lipinski definition) is 0. The molecule has 0 saturated heterocycles. The number of allylic oxidation sites excluding steroid dienone is 2. The molecule has 1 atom stereocenters. The van der Waals surface area contributed by atoms with Crippen molar-refractivity contribution >= 4 is 5.78 Å². The highest BCUT2D eigenvalue weighted by molar-refractivity contribution is 5.96. The maximum absolute atomic E-state index is 12.8. The second-order valence-electron chi connectivity index (χ2n) is 7.04. The van der Waals surface area contributed by atoms with Crippen LogP contribution >= 0.6 is 0 Å². The third-order valence-electron chi connectivity index (χ3n) is 4.87. The van der Waals surface area contributed by atoms with E-state index in [0.717, 1.165) is 18.4 Å². The Hall–Kier alpha value is -2.15. The predicted octanol–water partition coefficient (Wildman–Crippen LogP) is 7.35. The van der Waals surface area contributed by atoms with Crippen molar-refractivity contribution in [2.45, 2.75) is 64.7 Å². The van der Waals surface area contributed by atoms with Crippen LogP contribution in [-0.4, -0.2) is 5.78 Å². The minimum atomic E-state index is 0.160. The number of rotatable bonds is 11. The lowest BCUT2D eigenvalue weighted by atomic mass is 9.88. The molecule has 2 aromatic rings. The van der Waals surface area contributed by atoms with Crippen LogP contribution in [0.5, 0.6) is 0 Å². The molecule has 0 unspecified atom stereocenters. The molecular formula is C25H32O. The summed E-state index contributed by atoms with van der Waals surface area (Å²) in [5.74, 6) is 0.383. The molecular weight excluding hydrogens is 316 g/mol. The summed E-state index contributed by atoms with van der Waals surface area (Å²) >= 11 is 0. The fourth-order valence-electron chi connectivity index (χ4n) is 3.30. The number of hydrogen-bond acceptors (Lipinski definition) is 1. The number of benzene rings is 2. The predicted molar refractivity (Wildman–Crippen MR) is 112 cm³/mol. The average Bonchev–Trinajstić information content (AvgIpc) is 2.70. The Morgan fingerprint density at radius 2 is 1.38 bits per heavy atom. The summed E-state index contributed by atoms with van der Waals surface area (Å²) in [4.78, 5) is 12.8. The summed E-state index contributed by atoms with van der Waals surface area (Å²) in [5.41, 5.74) is 3.57. The van der Waals surface area contributed by atoms with Crippen molar-refractivity contribution in [3.05, 3.63) is 83.4 Å². The Labute approximate surface area is 159 Å². The summed E-state index contributed by atoms with van der Waals surface area (Å²) in [6.07, 6.45) is 10.1. The lowest BCUT2D eigenvalue weighted by molar-refractivity contribution is 0.0978. The summed E-state index contributed by atoms with van der Waals surface area (Å²) in [7, 11) is 0. The molecule has 138 valence electrons. The average molecular weight is 349 g/mol. The van der Waals surface area contributed by atoms with Crippen LogP contribution in [0, 0.1) is 0 Å². The summed E-state index contributed by atoms with van der Waals surface area (Å²) in [5, 5.41) is 0. The van der Waals surface area contributed by atoms with E-state index in [4.69, 9.17) is 0 Å². The number of carbonyl (C=O) groups is 1.